The Hall–Kier alpha value is -2.15. The van der Waals surface area contributed by atoms with Crippen molar-refractivity contribution in [1.29, 1.82) is 0 Å². The number of hydrazone groups is 1. The van der Waals surface area contributed by atoms with Crippen LogP contribution in [-0.2, 0) is 4.79 Å². The molecular weight excluding hydrogens is 438 g/mol. The quantitative estimate of drug-likeness (QED) is 0.630. The van der Waals surface area contributed by atoms with Gasteiger partial charge >= 0.3 is 0 Å². The van der Waals surface area contributed by atoms with Crippen molar-refractivity contribution >= 4 is 40.5 Å². The molecule has 2 aliphatic rings. The van der Waals surface area contributed by atoms with E-state index in [-0.39, 0.29) is 29.8 Å². The first kappa shape index (κ1) is 22.1. The van der Waals surface area contributed by atoms with Crippen LogP contribution in [0.1, 0.15) is 51.1 Å². The number of carbonyl (C=O) groups excluding carboxylic acids is 1. The fraction of sp³-hybridized carbons (Fsp3) is 0.391. The maximum absolute atomic E-state index is 13.5. The van der Waals surface area contributed by atoms with E-state index in [0.29, 0.717) is 27.9 Å². The lowest BCUT2D eigenvalue weighted by molar-refractivity contribution is -0.122. The Bertz CT molecular complexity index is 988. The number of hydrogen-bond donors (Lipinski definition) is 1. The van der Waals surface area contributed by atoms with Crippen molar-refractivity contribution in [3.05, 3.63) is 63.9 Å². The minimum absolute atomic E-state index is 0.222. The molecule has 2 aliphatic heterocycles. The summed E-state index contributed by atoms with van der Waals surface area (Å²) in [7, 11) is 0. The lowest BCUT2D eigenvalue weighted by Gasteiger charge is -2.38. The van der Waals surface area contributed by atoms with Crippen molar-refractivity contribution in [2.75, 3.05) is 5.01 Å². The maximum Gasteiger partial charge on any atom is 0.281 e. The molecule has 2 heterocycles. The van der Waals surface area contributed by atoms with Gasteiger partial charge in [0.2, 0.25) is 0 Å². The molecule has 3 atom stereocenters. The monoisotopic (exact) mass is 462 g/mol. The van der Waals surface area contributed by atoms with Crippen LogP contribution in [0.15, 0.2) is 47.6 Å². The van der Waals surface area contributed by atoms with Crippen LogP contribution in [0.5, 0.6) is 0 Å². The number of benzene rings is 2. The van der Waals surface area contributed by atoms with Crippen LogP contribution in [-0.4, -0.2) is 28.7 Å². The minimum Gasteiger partial charge on any atom is -0.283 e. The molecule has 0 aromatic heterocycles. The fourth-order valence-corrected chi connectivity index (χ4v) is 4.80. The van der Waals surface area contributed by atoms with Gasteiger partial charge in [0.05, 0.1) is 16.8 Å². The van der Waals surface area contributed by atoms with E-state index >= 15 is 0 Å². The number of rotatable bonds is 4. The zero-order valence-corrected chi connectivity index (χ0v) is 19.0. The van der Waals surface area contributed by atoms with Gasteiger partial charge in [-0.25, -0.2) is 9.40 Å². The van der Waals surface area contributed by atoms with Gasteiger partial charge in [-0.3, -0.25) is 15.2 Å². The van der Waals surface area contributed by atoms with Gasteiger partial charge in [0.1, 0.15) is 11.5 Å². The SMILES string of the molecule is CC1CCCC(C)N1NC(=O)C1=NN(c2ccc(Cl)cc2Cl)C(c2ccc(F)cc2)C1. The Balaban J connectivity index is 1.63. The van der Waals surface area contributed by atoms with Gasteiger partial charge < -0.3 is 0 Å². The van der Waals surface area contributed by atoms with E-state index in [1.807, 2.05) is 5.01 Å². The van der Waals surface area contributed by atoms with E-state index in [2.05, 4.69) is 24.4 Å². The fourth-order valence-electron chi connectivity index (χ4n) is 4.30. The number of piperidine rings is 1. The van der Waals surface area contributed by atoms with Crippen LogP contribution in [0, 0.1) is 5.82 Å². The molecule has 0 spiro atoms. The Morgan fingerprint density at radius 2 is 1.77 bits per heavy atom. The van der Waals surface area contributed by atoms with Crippen molar-refractivity contribution in [3.63, 3.8) is 0 Å². The van der Waals surface area contributed by atoms with E-state index in [9.17, 15) is 9.18 Å². The molecule has 4 rings (SSSR count). The summed E-state index contributed by atoms with van der Waals surface area (Å²) < 4.78 is 13.5. The zero-order chi connectivity index (χ0) is 22.1. The third-order valence-corrected chi connectivity index (χ3v) is 6.55. The molecule has 0 aliphatic carbocycles. The Morgan fingerprint density at radius 3 is 2.42 bits per heavy atom. The van der Waals surface area contributed by atoms with Crippen LogP contribution in [0.25, 0.3) is 0 Å². The molecule has 31 heavy (non-hydrogen) atoms. The Labute approximate surface area is 191 Å². The third-order valence-electron chi connectivity index (χ3n) is 6.01. The smallest absolute Gasteiger partial charge is 0.281 e. The van der Waals surface area contributed by atoms with E-state index in [1.165, 1.54) is 12.1 Å². The molecule has 8 heteroatoms. The maximum atomic E-state index is 13.5. The predicted octanol–water partition coefficient (Wildman–Crippen LogP) is 5.73. The van der Waals surface area contributed by atoms with Gasteiger partial charge in [0, 0.05) is 23.5 Å². The van der Waals surface area contributed by atoms with Crippen LogP contribution < -0.4 is 10.4 Å². The highest BCUT2D eigenvalue weighted by molar-refractivity contribution is 6.40. The number of anilines is 1. The van der Waals surface area contributed by atoms with Gasteiger partial charge in [-0.05, 0) is 62.6 Å². The van der Waals surface area contributed by atoms with Crippen molar-refractivity contribution in [3.8, 4) is 0 Å². The summed E-state index contributed by atoms with van der Waals surface area (Å²) in [5, 5.41) is 9.34. The minimum atomic E-state index is -0.315. The highest BCUT2D eigenvalue weighted by Crippen LogP contribution is 2.39. The van der Waals surface area contributed by atoms with Crippen LogP contribution >= 0.6 is 23.2 Å². The van der Waals surface area contributed by atoms with E-state index < -0.39 is 0 Å². The lowest BCUT2D eigenvalue weighted by atomic mass is 9.99. The molecule has 2 aromatic carbocycles. The molecule has 164 valence electrons. The van der Waals surface area contributed by atoms with Crippen molar-refractivity contribution in [2.45, 2.75) is 57.7 Å². The normalized spacial score (nSPS) is 24.2. The van der Waals surface area contributed by atoms with Gasteiger partial charge in [-0.15, -0.1) is 0 Å². The van der Waals surface area contributed by atoms with Gasteiger partial charge in [0.25, 0.3) is 5.91 Å². The number of hydrogen-bond acceptors (Lipinski definition) is 4. The second kappa shape index (κ2) is 9.15. The summed E-state index contributed by atoms with van der Waals surface area (Å²) in [5.41, 5.74) is 4.96. The summed E-state index contributed by atoms with van der Waals surface area (Å²) in [6.45, 7) is 4.24. The number of nitrogens with one attached hydrogen (secondary N) is 1. The number of carbonyl (C=O) groups is 1. The van der Waals surface area contributed by atoms with Gasteiger partial charge in [0.15, 0.2) is 0 Å². The molecule has 0 saturated carbocycles. The molecule has 3 unspecified atom stereocenters. The third kappa shape index (κ3) is 4.71. The number of amides is 1. The topological polar surface area (TPSA) is 47.9 Å². The van der Waals surface area contributed by atoms with E-state index in [4.69, 9.17) is 23.2 Å². The lowest BCUT2D eigenvalue weighted by Crippen LogP contribution is -2.55. The second-order valence-electron chi connectivity index (χ2n) is 8.24. The van der Waals surface area contributed by atoms with Crippen LogP contribution in [0.2, 0.25) is 10.0 Å². The van der Waals surface area contributed by atoms with Gasteiger partial charge in [-0.1, -0.05) is 41.8 Å². The van der Waals surface area contributed by atoms with Crippen molar-refractivity contribution in [1.82, 2.24) is 10.4 Å². The first-order valence-corrected chi connectivity index (χ1v) is 11.3. The van der Waals surface area contributed by atoms with Crippen LogP contribution in [0.3, 0.4) is 0 Å². The molecule has 1 amide bonds. The number of nitrogens with zero attached hydrogens (tertiary/aromatic N) is 3. The first-order chi connectivity index (χ1) is 14.8. The molecule has 1 fully saturated rings. The van der Waals surface area contributed by atoms with E-state index in [1.54, 1.807) is 35.3 Å². The summed E-state index contributed by atoms with van der Waals surface area (Å²) in [6, 6.07) is 11.6. The summed E-state index contributed by atoms with van der Waals surface area (Å²) in [6.07, 6.45) is 3.63. The molecule has 5 nitrogen and oxygen atoms in total. The van der Waals surface area contributed by atoms with Gasteiger partial charge in [-0.2, -0.15) is 5.10 Å². The molecule has 0 bridgehead atoms. The largest absolute Gasteiger partial charge is 0.283 e. The summed E-state index contributed by atoms with van der Waals surface area (Å²) in [5.74, 6) is -0.537. The number of halogens is 3. The molecular formula is C23H25Cl2FN4O. The van der Waals surface area contributed by atoms with Crippen molar-refractivity contribution in [2.24, 2.45) is 5.10 Å². The first-order valence-electron chi connectivity index (χ1n) is 10.5. The molecule has 1 N–H and O–H groups in total. The average Bonchev–Trinajstić information content (AvgIpc) is 3.16. The molecule has 2 aromatic rings. The Kier molecular flexibility index (Phi) is 6.51. The second-order valence-corrected chi connectivity index (χ2v) is 9.08. The molecule has 1 saturated heterocycles. The highest BCUT2D eigenvalue weighted by Gasteiger charge is 2.35. The number of hydrazine groups is 1. The highest BCUT2D eigenvalue weighted by atomic mass is 35.5. The standard InChI is InChI=1S/C23H25Cl2FN4O/c1-14-4-3-5-15(2)29(14)28-23(31)20-13-22(16-6-9-18(26)10-7-16)30(27-20)21-11-8-17(24)12-19(21)25/h6-12,14-15,22H,3-5,13H2,1-2H3,(H,28,31). The summed E-state index contributed by atoms with van der Waals surface area (Å²) >= 11 is 12.5. The average molecular weight is 463 g/mol. The van der Waals surface area contributed by atoms with Crippen molar-refractivity contribution < 1.29 is 9.18 Å². The van der Waals surface area contributed by atoms with E-state index in [0.717, 1.165) is 24.8 Å². The Morgan fingerprint density at radius 1 is 1.10 bits per heavy atom. The predicted molar refractivity (Wildman–Crippen MR) is 123 cm³/mol. The summed E-state index contributed by atoms with van der Waals surface area (Å²) in [4.78, 5) is 13.1. The zero-order valence-electron chi connectivity index (χ0n) is 17.5. The van der Waals surface area contributed by atoms with Crippen LogP contribution in [0.4, 0.5) is 10.1 Å². The molecule has 0 radical (unpaired) electrons.